The Hall–Kier alpha value is -1.65. The Morgan fingerprint density at radius 3 is 1.21 bits per heavy atom. The highest BCUT2D eigenvalue weighted by Crippen LogP contribution is 2.14. The molecule has 0 aliphatic carbocycles. The highest BCUT2D eigenvalue weighted by atomic mass is 16.5. The summed E-state index contributed by atoms with van der Waals surface area (Å²) >= 11 is 0. The molecule has 0 saturated heterocycles. The molecule has 0 N–H and O–H groups in total. The van der Waals surface area contributed by atoms with Crippen LogP contribution < -0.4 is 0 Å². The van der Waals surface area contributed by atoms with Gasteiger partial charge in [-0.05, 0) is 25.2 Å². The zero-order chi connectivity index (χ0) is 14.2. The van der Waals surface area contributed by atoms with Gasteiger partial charge in [0, 0.05) is 19.8 Å². The summed E-state index contributed by atoms with van der Waals surface area (Å²) in [5.74, 6) is 0.344. The van der Waals surface area contributed by atoms with Gasteiger partial charge in [-0.1, -0.05) is 0 Å². The summed E-state index contributed by atoms with van der Waals surface area (Å²) in [5.41, 5.74) is 0. The Kier molecular flexibility index (Phi) is 13.2. The van der Waals surface area contributed by atoms with Crippen molar-refractivity contribution < 1.29 is 14.2 Å². The molecule has 0 radical (unpaired) electrons. The molecule has 0 heterocycles. The molecule has 0 unspecified atom stereocenters. The number of hydrogen-bond donors (Lipinski definition) is 0. The van der Waals surface area contributed by atoms with Crippen molar-refractivity contribution in [1.82, 2.24) is 0 Å². The van der Waals surface area contributed by atoms with Crippen molar-refractivity contribution in [2.24, 2.45) is 5.92 Å². The molecule has 0 saturated carbocycles. The average molecular weight is 265 g/mol. The molecule has 0 aliphatic rings. The number of rotatable bonds is 12. The van der Waals surface area contributed by atoms with Gasteiger partial charge in [0.1, 0.15) is 19.8 Å². The third-order valence-electron chi connectivity index (χ3n) is 2.51. The Labute approximate surface area is 114 Å². The van der Waals surface area contributed by atoms with Crippen LogP contribution in [0.5, 0.6) is 0 Å². The van der Waals surface area contributed by atoms with E-state index in [-0.39, 0.29) is 19.8 Å². The van der Waals surface area contributed by atoms with Crippen LogP contribution in [0.3, 0.4) is 0 Å². The van der Waals surface area contributed by atoms with Gasteiger partial charge < -0.3 is 14.2 Å². The summed E-state index contributed by atoms with van der Waals surface area (Å²) < 4.78 is 15.4. The second-order valence-electron chi connectivity index (χ2n) is 3.86. The Balaban J connectivity index is 3.77. The molecule has 0 amide bonds. The summed E-state index contributed by atoms with van der Waals surface area (Å²) in [7, 11) is 0. The fourth-order valence-corrected chi connectivity index (χ4v) is 1.54. The van der Waals surface area contributed by atoms with Crippen LogP contribution in [-0.4, -0.2) is 39.6 Å². The van der Waals surface area contributed by atoms with Crippen LogP contribution in [0.25, 0.3) is 0 Å². The van der Waals surface area contributed by atoms with Gasteiger partial charge in [0.2, 0.25) is 0 Å². The van der Waals surface area contributed by atoms with Crippen molar-refractivity contribution in [2.45, 2.75) is 19.3 Å². The van der Waals surface area contributed by atoms with Crippen LogP contribution in [0.1, 0.15) is 19.3 Å². The van der Waals surface area contributed by atoms with E-state index in [0.29, 0.717) is 25.7 Å². The molecular weight excluding hydrogens is 246 g/mol. The third kappa shape index (κ3) is 12.6. The van der Waals surface area contributed by atoms with E-state index in [1.165, 1.54) is 0 Å². The Bertz CT molecular complexity index is 275. The summed E-state index contributed by atoms with van der Waals surface area (Å²) in [6, 6.07) is 5.75. The number of hydrogen-bond acceptors (Lipinski definition) is 6. The first-order chi connectivity index (χ1) is 9.35. The second-order valence-corrected chi connectivity index (χ2v) is 3.86. The van der Waals surface area contributed by atoms with Crippen molar-refractivity contribution in [3.8, 4) is 18.2 Å². The third-order valence-corrected chi connectivity index (χ3v) is 2.51. The summed E-state index contributed by atoms with van der Waals surface area (Å²) in [6.45, 7) is 1.87. The molecule has 0 aromatic carbocycles. The lowest BCUT2D eigenvalue weighted by molar-refractivity contribution is 0.0983. The van der Waals surface area contributed by atoms with Gasteiger partial charge >= 0.3 is 0 Å². The summed E-state index contributed by atoms with van der Waals surface area (Å²) in [4.78, 5) is 0. The quantitative estimate of drug-likeness (QED) is 0.494. The van der Waals surface area contributed by atoms with Gasteiger partial charge in [0.15, 0.2) is 0 Å². The standard InChI is InChI=1S/C13H19N3O3/c14-4-10-17-7-1-13(2-8-18-11-5-15)3-9-19-12-6-16/h13H,1-3,7-12H2. The second kappa shape index (κ2) is 14.4. The van der Waals surface area contributed by atoms with Crippen LogP contribution >= 0.6 is 0 Å². The fourth-order valence-electron chi connectivity index (χ4n) is 1.54. The molecule has 0 aromatic heterocycles. The van der Waals surface area contributed by atoms with Crippen LogP contribution in [0.15, 0.2) is 0 Å². The highest BCUT2D eigenvalue weighted by Gasteiger charge is 2.09. The Morgan fingerprint density at radius 2 is 0.947 bits per heavy atom. The predicted octanol–water partition coefficient (Wildman–Crippen LogP) is 1.39. The van der Waals surface area contributed by atoms with Crippen LogP contribution in [-0.2, 0) is 14.2 Å². The monoisotopic (exact) mass is 265 g/mol. The first kappa shape index (κ1) is 17.4. The van der Waals surface area contributed by atoms with Gasteiger partial charge in [0.25, 0.3) is 0 Å². The molecule has 6 heteroatoms. The van der Waals surface area contributed by atoms with Crippen molar-refractivity contribution in [1.29, 1.82) is 15.8 Å². The van der Waals surface area contributed by atoms with Gasteiger partial charge in [-0.25, -0.2) is 0 Å². The van der Waals surface area contributed by atoms with E-state index in [1.54, 1.807) is 0 Å². The minimum atomic E-state index is 0.0998. The normalized spacial score (nSPS) is 9.79. The largest absolute Gasteiger partial charge is 0.367 e. The van der Waals surface area contributed by atoms with Crippen molar-refractivity contribution in [3.63, 3.8) is 0 Å². The van der Waals surface area contributed by atoms with Crippen molar-refractivity contribution in [3.05, 3.63) is 0 Å². The molecule has 19 heavy (non-hydrogen) atoms. The first-order valence-corrected chi connectivity index (χ1v) is 6.19. The average Bonchev–Trinajstić information content (AvgIpc) is 2.43. The van der Waals surface area contributed by atoms with E-state index in [0.717, 1.165) is 19.3 Å². The van der Waals surface area contributed by atoms with Crippen LogP contribution in [0.2, 0.25) is 0 Å². The van der Waals surface area contributed by atoms with E-state index >= 15 is 0 Å². The molecule has 0 bridgehead atoms. The van der Waals surface area contributed by atoms with Crippen LogP contribution in [0.4, 0.5) is 0 Å². The van der Waals surface area contributed by atoms with Gasteiger partial charge in [0.05, 0.1) is 18.2 Å². The molecular formula is C13H19N3O3. The molecule has 0 aliphatic heterocycles. The number of nitriles is 3. The minimum Gasteiger partial charge on any atom is -0.367 e. The zero-order valence-corrected chi connectivity index (χ0v) is 11.0. The van der Waals surface area contributed by atoms with Gasteiger partial charge in [-0.2, -0.15) is 15.8 Å². The van der Waals surface area contributed by atoms with Crippen molar-refractivity contribution in [2.75, 3.05) is 39.6 Å². The zero-order valence-electron chi connectivity index (χ0n) is 11.0. The topological polar surface area (TPSA) is 99.1 Å². The minimum absolute atomic E-state index is 0.0998. The number of ether oxygens (including phenoxy) is 3. The summed E-state index contributed by atoms with van der Waals surface area (Å²) in [5, 5.41) is 25.1. The Morgan fingerprint density at radius 1 is 0.632 bits per heavy atom. The van der Waals surface area contributed by atoms with Gasteiger partial charge in [-0.3, -0.25) is 0 Å². The SMILES string of the molecule is N#CCOCCC(CCOCC#N)CCOCC#N. The van der Waals surface area contributed by atoms with E-state index in [1.807, 2.05) is 18.2 Å². The van der Waals surface area contributed by atoms with E-state index in [9.17, 15) is 0 Å². The van der Waals surface area contributed by atoms with E-state index in [2.05, 4.69) is 0 Å². The lowest BCUT2D eigenvalue weighted by Crippen LogP contribution is -2.12. The fraction of sp³-hybridized carbons (Fsp3) is 0.769. The lowest BCUT2D eigenvalue weighted by Gasteiger charge is -2.16. The van der Waals surface area contributed by atoms with E-state index < -0.39 is 0 Å². The first-order valence-electron chi connectivity index (χ1n) is 6.19. The van der Waals surface area contributed by atoms with Crippen LogP contribution in [0, 0.1) is 39.9 Å². The molecule has 0 atom stereocenters. The maximum atomic E-state index is 8.36. The molecule has 0 aromatic rings. The lowest BCUT2D eigenvalue weighted by atomic mass is 9.99. The predicted molar refractivity (Wildman–Crippen MR) is 66.6 cm³/mol. The molecule has 0 spiro atoms. The molecule has 0 rings (SSSR count). The number of nitrogens with zero attached hydrogens (tertiary/aromatic N) is 3. The molecule has 104 valence electrons. The molecule has 0 fully saturated rings. The molecule has 6 nitrogen and oxygen atoms in total. The van der Waals surface area contributed by atoms with E-state index in [4.69, 9.17) is 30.0 Å². The maximum absolute atomic E-state index is 8.36. The highest BCUT2D eigenvalue weighted by molar-refractivity contribution is 4.69. The maximum Gasteiger partial charge on any atom is 0.133 e. The summed E-state index contributed by atoms with van der Waals surface area (Å²) in [6.07, 6.45) is 2.44. The van der Waals surface area contributed by atoms with Crippen molar-refractivity contribution >= 4 is 0 Å². The smallest absolute Gasteiger partial charge is 0.133 e. The van der Waals surface area contributed by atoms with Gasteiger partial charge in [-0.15, -0.1) is 0 Å².